The average Bonchev–Trinajstić information content (AvgIpc) is 2.79. The van der Waals surface area contributed by atoms with E-state index in [1.807, 2.05) is 0 Å². The second-order valence-corrected chi connectivity index (χ2v) is 6.16. The highest BCUT2D eigenvalue weighted by atomic mass is 79.9. The number of rotatable bonds is 4. The molecule has 1 heterocycles. The van der Waals surface area contributed by atoms with Crippen LogP contribution in [0.4, 0.5) is 9.52 Å². The molecular weight excluding hydrogens is 383 g/mol. The summed E-state index contributed by atoms with van der Waals surface area (Å²) in [5, 5.41) is 11.0. The lowest BCUT2D eigenvalue weighted by atomic mass is 10.2. The van der Waals surface area contributed by atoms with E-state index < -0.39 is 5.82 Å². The summed E-state index contributed by atoms with van der Waals surface area (Å²) in [6.07, 6.45) is 0.195. The number of amides is 1. The van der Waals surface area contributed by atoms with Gasteiger partial charge in [0.1, 0.15) is 5.82 Å². The Balaban J connectivity index is 0.00000220. The zero-order chi connectivity index (χ0) is 14.7. The second kappa shape index (κ2) is 7.79. The number of carbonyl (C=O) groups excluding carboxylic acids is 1. The number of hydrogen-bond donors (Lipinski definition) is 2. The summed E-state index contributed by atoms with van der Waals surface area (Å²) in [7, 11) is 0. The molecule has 0 fully saturated rings. The smallest absolute Gasteiger partial charge is 0.227 e. The van der Waals surface area contributed by atoms with Gasteiger partial charge in [0.25, 0.3) is 0 Å². The first-order valence-electron chi connectivity index (χ1n) is 5.80. The van der Waals surface area contributed by atoms with Crippen molar-refractivity contribution >= 4 is 50.7 Å². The molecule has 1 aromatic carbocycles. The van der Waals surface area contributed by atoms with E-state index in [1.54, 1.807) is 19.1 Å². The average molecular weight is 396 g/mol. The van der Waals surface area contributed by atoms with Gasteiger partial charge in [-0.1, -0.05) is 27.3 Å². The molecule has 114 valence electrons. The van der Waals surface area contributed by atoms with E-state index in [4.69, 9.17) is 5.73 Å². The summed E-state index contributed by atoms with van der Waals surface area (Å²) in [5.74, 6) is -0.629. The lowest BCUT2D eigenvalue weighted by Crippen LogP contribution is -2.23. The summed E-state index contributed by atoms with van der Waals surface area (Å²) >= 11 is 4.38. The van der Waals surface area contributed by atoms with Crippen LogP contribution in [0.5, 0.6) is 0 Å². The van der Waals surface area contributed by atoms with Gasteiger partial charge < -0.3 is 11.1 Å². The third-order valence-corrected chi connectivity index (χ3v) is 3.70. The number of anilines is 1. The first-order valence-corrected chi connectivity index (χ1v) is 7.41. The van der Waals surface area contributed by atoms with Crippen LogP contribution in [0.15, 0.2) is 22.7 Å². The number of hydrogen-bond acceptors (Lipinski definition) is 5. The van der Waals surface area contributed by atoms with Crippen LogP contribution < -0.4 is 11.1 Å². The van der Waals surface area contributed by atoms with Crippen molar-refractivity contribution in [2.75, 3.05) is 5.32 Å². The fourth-order valence-corrected chi connectivity index (χ4v) is 2.65. The van der Waals surface area contributed by atoms with E-state index in [0.717, 1.165) is 15.8 Å². The van der Waals surface area contributed by atoms with Gasteiger partial charge in [-0.25, -0.2) is 4.39 Å². The molecule has 21 heavy (non-hydrogen) atoms. The molecule has 0 aliphatic rings. The van der Waals surface area contributed by atoms with Crippen LogP contribution >= 0.6 is 39.7 Å². The van der Waals surface area contributed by atoms with Gasteiger partial charge in [-0.3, -0.25) is 4.79 Å². The van der Waals surface area contributed by atoms with Crippen LogP contribution in [-0.2, 0) is 4.79 Å². The van der Waals surface area contributed by atoms with Crippen LogP contribution in [0.25, 0.3) is 10.6 Å². The molecule has 0 bridgehead atoms. The third-order valence-electron chi connectivity index (χ3n) is 2.34. The van der Waals surface area contributed by atoms with Gasteiger partial charge in [-0.15, -0.1) is 22.6 Å². The summed E-state index contributed by atoms with van der Waals surface area (Å²) in [6, 6.07) is 4.33. The van der Waals surface area contributed by atoms with Gasteiger partial charge in [0.2, 0.25) is 11.0 Å². The Morgan fingerprint density at radius 1 is 1.52 bits per heavy atom. The van der Waals surface area contributed by atoms with Gasteiger partial charge in [-0.2, -0.15) is 0 Å². The van der Waals surface area contributed by atoms with Crippen molar-refractivity contribution in [2.45, 2.75) is 19.4 Å². The van der Waals surface area contributed by atoms with Gasteiger partial charge >= 0.3 is 0 Å². The van der Waals surface area contributed by atoms with Crippen LogP contribution in [0.3, 0.4) is 0 Å². The zero-order valence-corrected chi connectivity index (χ0v) is 14.2. The molecule has 1 aromatic heterocycles. The minimum absolute atomic E-state index is 0. The maximum absolute atomic E-state index is 13.7. The Morgan fingerprint density at radius 2 is 2.24 bits per heavy atom. The fourth-order valence-electron chi connectivity index (χ4n) is 1.51. The molecule has 1 amide bonds. The van der Waals surface area contributed by atoms with E-state index in [9.17, 15) is 9.18 Å². The van der Waals surface area contributed by atoms with E-state index in [1.165, 1.54) is 6.07 Å². The van der Waals surface area contributed by atoms with Crippen molar-refractivity contribution in [1.29, 1.82) is 0 Å². The van der Waals surface area contributed by atoms with Crippen molar-refractivity contribution in [1.82, 2.24) is 10.2 Å². The number of nitrogens with two attached hydrogens (primary N) is 1. The van der Waals surface area contributed by atoms with Gasteiger partial charge in [-0.05, 0) is 25.1 Å². The normalized spacial score (nSPS) is 11.6. The first-order chi connectivity index (χ1) is 9.45. The van der Waals surface area contributed by atoms with Gasteiger partial charge in [0.15, 0.2) is 5.01 Å². The summed E-state index contributed by atoms with van der Waals surface area (Å²) in [4.78, 5) is 11.6. The molecule has 1 unspecified atom stereocenters. The van der Waals surface area contributed by atoms with Crippen LogP contribution in [0.1, 0.15) is 13.3 Å². The zero-order valence-electron chi connectivity index (χ0n) is 11.0. The number of aromatic nitrogens is 2. The Morgan fingerprint density at radius 3 is 2.90 bits per heavy atom. The largest absolute Gasteiger partial charge is 0.327 e. The monoisotopic (exact) mass is 394 g/mol. The predicted molar refractivity (Wildman–Crippen MR) is 87.1 cm³/mol. The maximum atomic E-state index is 13.7. The third kappa shape index (κ3) is 4.99. The summed E-state index contributed by atoms with van der Waals surface area (Å²) in [5.41, 5.74) is 5.87. The Kier molecular flexibility index (Phi) is 6.66. The fraction of sp³-hybridized carbons (Fsp3) is 0.250. The van der Waals surface area contributed by atoms with E-state index in [2.05, 4.69) is 31.4 Å². The minimum atomic E-state index is -0.391. The maximum Gasteiger partial charge on any atom is 0.227 e. The molecule has 9 heteroatoms. The summed E-state index contributed by atoms with van der Waals surface area (Å²) in [6.45, 7) is 1.74. The highest BCUT2D eigenvalue weighted by Crippen LogP contribution is 2.30. The quantitative estimate of drug-likeness (QED) is 0.833. The van der Waals surface area contributed by atoms with E-state index in [-0.39, 0.29) is 30.8 Å². The number of benzene rings is 1. The molecular formula is C12H13BrClFN4OS. The van der Waals surface area contributed by atoms with Crippen molar-refractivity contribution in [2.24, 2.45) is 5.73 Å². The molecule has 0 saturated heterocycles. The number of nitrogens with one attached hydrogen (secondary N) is 1. The van der Waals surface area contributed by atoms with Crippen LogP contribution in [0.2, 0.25) is 0 Å². The molecule has 0 saturated carbocycles. The molecule has 0 spiro atoms. The SMILES string of the molecule is CC(N)CC(=O)Nc1nnc(-c2cc(Br)ccc2F)s1.Cl. The standard InChI is InChI=1S/C12H12BrFN4OS.ClH/c1-6(15)4-10(19)16-12-18-17-11(20-12)8-5-7(13)2-3-9(8)14;/h2-3,5-6H,4,15H2,1H3,(H,16,18,19);1H. The molecule has 1 atom stereocenters. The van der Waals surface area contributed by atoms with Gasteiger partial charge in [0.05, 0.1) is 0 Å². The lowest BCUT2D eigenvalue weighted by Gasteiger charge is -2.03. The lowest BCUT2D eigenvalue weighted by molar-refractivity contribution is -0.116. The Labute approximate surface area is 139 Å². The molecule has 3 N–H and O–H groups in total. The Bertz CT molecular complexity index is 637. The van der Waals surface area contributed by atoms with Crippen LogP contribution in [-0.4, -0.2) is 22.1 Å². The molecule has 0 aliphatic heterocycles. The predicted octanol–water partition coefficient (Wildman–Crippen LogP) is 3.20. The molecule has 5 nitrogen and oxygen atoms in total. The van der Waals surface area contributed by atoms with Crippen molar-refractivity contribution in [3.05, 3.63) is 28.5 Å². The first kappa shape index (κ1) is 18.0. The van der Waals surface area contributed by atoms with Crippen molar-refractivity contribution in [3.8, 4) is 10.6 Å². The molecule has 2 rings (SSSR count). The summed E-state index contributed by atoms with van der Waals surface area (Å²) < 4.78 is 14.5. The molecule has 2 aromatic rings. The van der Waals surface area contributed by atoms with E-state index >= 15 is 0 Å². The second-order valence-electron chi connectivity index (χ2n) is 4.27. The number of halogens is 3. The van der Waals surface area contributed by atoms with E-state index in [0.29, 0.717) is 15.7 Å². The topological polar surface area (TPSA) is 80.9 Å². The number of nitrogens with zero attached hydrogens (tertiary/aromatic N) is 2. The molecule has 0 radical (unpaired) electrons. The molecule has 0 aliphatic carbocycles. The Hall–Kier alpha value is -1.09. The van der Waals surface area contributed by atoms with Crippen molar-refractivity contribution < 1.29 is 9.18 Å². The van der Waals surface area contributed by atoms with Crippen LogP contribution in [0, 0.1) is 5.82 Å². The van der Waals surface area contributed by atoms with Crippen molar-refractivity contribution in [3.63, 3.8) is 0 Å². The van der Waals surface area contributed by atoms with Gasteiger partial charge in [0, 0.05) is 22.5 Å². The minimum Gasteiger partial charge on any atom is -0.327 e. The highest BCUT2D eigenvalue weighted by molar-refractivity contribution is 9.10. The number of carbonyl (C=O) groups is 1. The highest BCUT2D eigenvalue weighted by Gasteiger charge is 2.14.